The number of fused-ring (bicyclic) bond motifs is 1. The highest BCUT2D eigenvalue weighted by Gasteiger charge is 2.19. The van der Waals surface area contributed by atoms with Gasteiger partial charge in [0, 0.05) is 24.2 Å². The predicted octanol–water partition coefficient (Wildman–Crippen LogP) is 6.16. The summed E-state index contributed by atoms with van der Waals surface area (Å²) in [5.41, 5.74) is 1.98. The van der Waals surface area contributed by atoms with Gasteiger partial charge in [0.2, 0.25) is 6.54 Å². The van der Waals surface area contributed by atoms with Crippen molar-refractivity contribution >= 4 is 31.1 Å². The Morgan fingerprint density at radius 2 is 1.62 bits per heavy atom. The fourth-order valence-corrected chi connectivity index (χ4v) is 5.81. The standard InChI is InChI=1S/C21H33N4O7P.C14H17NO4/c1-18(19-11-7-8-12-20(19)25(27)28)17-29-21(26)23-30-14-9-5-6-10-15-31-33(24(3)4)32-16-13-22-2;16-10-6-2-1-5-9-15-13(17)11-7-3-4-8-12(11)14(18)19-15/h7-8,11-12,18H,5-6,9-10,13-17H2,1,3-4H3,(H,23,26);3-4,7-8,16H,1-2,5-6,9-10H2. The number of aryl methyl sites for hydroxylation is 1. The van der Waals surface area contributed by atoms with Crippen LogP contribution in [0.4, 0.5) is 10.5 Å². The van der Waals surface area contributed by atoms with Crippen LogP contribution in [-0.4, -0.2) is 79.2 Å². The van der Waals surface area contributed by atoms with Gasteiger partial charge in [0.05, 0.1) is 35.5 Å². The summed E-state index contributed by atoms with van der Waals surface area (Å²) in [5, 5.41) is 20.5. The molecule has 2 atom stereocenters. The van der Waals surface area contributed by atoms with E-state index in [0.717, 1.165) is 56.1 Å². The normalized spacial score (nSPS) is 12.1. The summed E-state index contributed by atoms with van der Waals surface area (Å²) in [4.78, 5) is 54.6. The van der Waals surface area contributed by atoms with Gasteiger partial charge in [-0.2, -0.15) is 10.2 Å². The number of benzene rings is 2. The first-order valence-electron chi connectivity index (χ1n) is 17.2. The van der Waals surface area contributed by atoms with Crippen LogP contribution < -0.4 is 16.7 Å². The molecular formula is C35H50N5O11P. The maximum Gasteiger partial charge on any atom is 0.431 e. The van der Waals surface area contributed by atoms with E-state index in [4.69, 9.17) is 34.8 Å². The molecule has 3 rings (SSSR count). The molecule has 0 bridgehead atoms. The van der Waals surface area contributed by atoms with E-state index in [-0.39, 0.29) is 30.4 Å². The summed E-state index contributed by atoms with van der Waals surface area (Å²) in [7, 11) is 2.63. The number of ether oxygens (including phenoxy) is 1. The summed E-state index contributed by atoms with van der Waals surface area (Å²) >= 11 is 0. The smallest absolute Gasteiger partial charge is 0.431 e. The van der Waals surface area contributed by atoms with Gasteiger partial charge < -0.3 is 28.3 Å². The summed E-state index contributed by atoms with van der Waals surface area (Å²) in [6.07, 6.45) is 6.07. The zero-order valence-electron chi connectivity index (χ0n) is 30.1. The summed E-state index contributed by atoms with van der Waals surface area (Å²) in [6.45, 7) is 10.7. The lowest BCUT2D eigenvalue weighted by atomic mass is 10.0. The van der Waals surface area contributed by atoms with Crippen LogP contribution in [0, 0.1) is 16.7 Å². The number of carbonyl (C=O) groups excluding carboxylic acids is 1. The van der Waals surface area contributed by atoms with Gasteiger partial charge >= 0.3 is 11.7 Å². The highest BCUT2D eigenvalue weighted by atomic mass is 31.2. The number of amides is 1. The second kappa shape index (κ2) is 25.7. The maximum atomic E-state index is 12.1. The number of nitro benzene ring substituents is 1. The number of aliphatic hydroxyl groups is 1. The molecule has 52 heavy (non-hydrogen) atoms. The van der Waals surface area contributed by atoms with Crippen LogP contribution in [0.15, 0.2) is 62.6 Å². The molecule has 0 aliphatic heterocycles. The van der Waals surface area contributed by atoms with E-state index in [1.807, 2.05) is 18.8 Å². The molecule has 17 heteroatoms. The molecule has 3 aromatic rings. The molecule has 16 nitrogen and oxygen atoms in total. The van der Waals surface area contributed by atoms with Gasteiger partial charge in [0.25, 0.3) is 19.8 Å². The number of nitro groups is 1. The van der Waals surface area contributed by atoms with Crippen LogP contribution in [-0.2, 0) is 25.2 Å². The number of aromatic nitrogens is 1. The topological polar surface area (TPSA) is 189 Å². The number of para-hydroxylation sites is 1. The van der Waals surface area contributed by atoms with E-state index < -0.39 is 25.2 Å². The number of nitrogens with zero attached hydrogens (tertiary/aromatic N) is 4. The van der Waals surface area contributed by atoms with Gasteiger partial charge in [-0.05, 0) is 51.9 Å². The molecule has 0 radical (unpaired) electrons. The van der Waals surface area contributed by atoms with E-state index >= 15 is 0 Å². The van der Waals surface area contributed by atoms with Crippen molar-refractivity contribution < 1.29 is 38.0 Å². The number of aliphatic hydroxyl groups excluding tert-OH is 1. The Labute approximate surface area is 304 Å². The van der Waals surface area contributed by atoms with E-state index in [1.165, 1.54) is 6.07 Å². The summed E-state index contributed by atoms with van der Waals surface area (Å²) in [5.74, 6) is -0.328. The van der Waals surface area contributed by atoms with Crippen molar-refractivity contribution in [2.75, 3.05) is 53.7 Å². The molecule has 0 spiro atoms. The highest BCUT2D eigenvalue weighted by molar-refractivity contribution is 7.44. The lowest BCUT2D eigenvalue weighted by molar-refractivity contribution is -0.385. The first-order chi connectivity index (χ1) is 25.1. The molecule has 0 saturated carbocycles. The van der Waals surface area contributed by atoms with Gasteiger partial charge in [-0.15, -0.1) is 0 Å². The molecule has 0 aliphatic carbocycles. The molecule has 2 N–H and O–H groups in total. The minimum Gasteiger partial charge on any atom is -0.447 e. The first-order valence-corrected chi connectivity index (χ1v) is 18.3. The van der Waals surface area contributed by atoms with E-state index in [9.17, 15) is 24.5 Å². The van der Waals surface area contributed by atoms with Crippen LogP contribution in [0.3, 0.4) is 0 Å². The van der Waals surface area contributed by atoms with Crippen molar-refractivity contribution in [3.63, 3.8) is 0 Å². The van der Waals surface area contributed by atoms with Gasteiger partial charge in [0.15, 0.2) is 0 Å². The molecule has 0 saturated heterocycles. The fraction of sp³-hybridized carbons (Fsp3) is 0.543. The third-order valence-electron chi connectivity index (χ3n) is 7.42. The molecule has 1 amide bonds. The minimum absolute atomic E-state index is 0.00149. The molecule has 0 fully saturated rings. The predicted molar refractivity (Wildman–Crippen MR) is 197 cm³/mol. The zero-order valence-corrected chi connectivity index (χ0v) is 31.0. The molecule has 1 heterocycles. The Balaban J connectivity index is 0.000000414. The van der Waals surface area contributed by atoms with Gasteiger partial charge in [0.1, 0.15) is 13.2 Å². The van der Waals surface area contributed by atoms with Gasteiger partial charge in [-0.1, -0.05) is 62.9 Å². The Kier molecular flexibility index (Phi) is 21.7. The number of rotatable bonds is 23. The average molecular weight is 748 g/mol. The Hall–Kier alpha value is -4.23. The average Bonchev–Trinajstić information content (AvgIpc) is 3.14. The maximum absolute atomic E-state index is 12.1. The first kappa shape index (κ1) is 43.9. The lowest BCUT2D eigenvalue weighted by Crippen LogP contribution is -2.26. The summed E-state index contributed by atoms with van der Waals surface area (Å²) < 4.78 is 24.4. The van der Waals surface area contributed by atoms with Crippen molar-refractivity contribution in [2.24, 2.45) is 0 Å². The van der Waals surface area contributed by atoms with Crippen LogP contribution in [0.25, 0.3) is 15.6 Å². The third kappa shape index (κ3) is 16.4. The number of unbranched alkanes of at least 4 members (excludes halogenated alkanes) is 6. The van der Waals surface area contributed by atoms with Crippen molar-refractivity contribution in [1.29, 1.82) is 0 Å². The minimum atomic E-state index is -1.13. The second-order valence-electron chi connectivity index (χ2n) is 11.8. The molecular weight excluding hydrogens is 697 g/mol. The number of carbonyl (C=O) groups is 1. The van der Waals surface area contributed by atoms with Crippen LogP contribution >= 0.6 is 8.53 Å². The van der Waals surface area contributed by atoms with Crippen molar-refractivity contribution in [3.05, 3.63) is 96.4 Å². The Bertz CT molecular complexity index is 1660. The molecule has 2 unspecified atom stereocenters. The van der Waals surface area contributed by atoms with Crippen molar-refractivity contribution in [1.82, 2.24) is 14.9 Å². The molecule has 2 aromatic carbocycles. The van der Waals surface area contributed by atoms with E-state index in [0.29, 0.717) is 49.2 Å². The Morgan fingerprint density at radius 1 is 0.981 bits per heavy atom. The molecule has 286 valence electrons. The van der Waals surface area contributed by atoms with Crippen LogP contribution in [0.1, 0.15) is 69.8 Å². The Morgan fingerprint density at radius 3 is 2.31 bits per heavy atom. The molecule has 1 aromatic heterocycles. The van der Waals surface area contributed by atoms with Crippen LogP contribution in [0.5, 0.6) is 0 Å². The largest absolute Gasteiger partial charge is 0.447 e. The highest BCUT2D eigenvalue weighted by Crippen LogP contribution is 2.40. The lowest BCUT2D eigenvalue weighted by Gasteiger charge is -2.21. The third-order valence-corrected chi connectivity index (χ3v) is 8.88. The van der Waals surface area contributed by atoms with Crippen LogP contribution in [0.2, 0.25) is 0 Å². The number of hydroxylamine groups is 1. The quantitative estimate of drug-likeness (QED) is 0.0370. The second-order valence-corrected chi connectivity index (χ2v) is 13.6. The zero-order chi connectivity index (χ0) is 38.1. The number of hydrogen-bond acceptors (Lipinski definition) is 12. The van der Waals surface area contributed by atoms with Gasteiger partial charge in [-0.3, -0.25) is 19.7 Å². The summed E-state index contributed by atoms with van der Waals surface area (Å²) in [6, 6.07) is 13.0. The SMILES string of the molecule is O=c1on(CCCCCCO)c(=O)c2ccccc12.[C-]#[N+]CCOP(OCCCCCCONC(=O)OCC(C)c1ccccc1[N+](=O)[O-])N(C)C. The fourth-order valence-electron chi connectivity index (χ4n) is 4.75. The number of hydrogen-bond donors (Lipinski definition) is 2. The van der Waals surface area contributed by atoms with E-state index in [2.05, 4.69) is 10.3 Å². The monoisotopic (exact) mass is 747 g/mol. The van der Waals surface area contributed by atoms with E-state index in [1.54, 1.807) is 49.4 Å². The van der Waals surface area contributed by atoms with Crippen molar-refractivity contribution in [2.45, 2.75) is 70.8 Å². The van der Waals surface area contributed by atoms with Crippen molar-refractivity contribution in [3.8, 4) is 0 Å². The van der Waals surface area contributed by atoms with Gasteiger partial charge in [-0.25, -0.2) is 20.8 Å². The number of nitrogens with one attached hydrogen (secondary N) is 1. The molecule has 0 aliphatic rings.